The summed E-state index contributed by atoms with van der Waals surface area (Å²) in [6.07, 6.45) is 2.33. The van der Waals surface area contributed by atoms with Gasteiger partial charge < -0.3 is 15.7 Å². The predicted molar refractivity (Wildman–Crippen MR) is 112 cm³/mol. The van der Waals surface area contributed by atoms with Crippen LogP contribution in [0.25, 0.3) is 21.9 Å². The van der Waals surface area contributed by atoms with Gasteiger partial charge in [0.25, 0.3) is 0 Å². The second kappa shape index (κ2) is 8.55. The van der Waals surface area contributed by atoms with Crippen molar-refractivity contribution in [1.82, 2.24) is 20.6 Å². The fraction of sp³-hybridized carbons (Fsp3) is 0.238. The van der Waals surface area contributed by atoms with Crippen LogP contribution in [0.15, 0.2) is 36.7 Å². The molecule has 2 aromatic heterocycles. The average molecular weight is 393 g/mol. The summed E-state index contributed by atoms with van der Waals surface area (Å²) in [7, 11) is 0. The number of anilines is 1. The number of hydrogen-bond donors (Lipinski definition) is 4. The Bertz CT molecular complexity index is 1080. The third-order valence-corrected chi connectivity index (χ3v) is 4.75. The zero-order valence-corrected chi connectivity index (χ0v) is 16.5. The monoisotopic (exact) mass is 393 g/mol. The number of hydrogen-bond acceptors (Lipinski definition) is 4. The van der Waals surface area contributed by atoms with Gasteiger partial charge in [-0.25, -0.2) is 14.6 Å². The Kier molecular flexibility index (Phi) is 5.92. The number of fused-ring (bicyclic) bond motifs is 1. The lowest BCUT2D eigenvalue weighted by atomic mass is 9.93. The normalized spacial score (nSPS) is 10.6. The number of carbonyl (C=O) groups excluding carboxylic acids is 1. The topological polar surface area (TPSA) is 116 Å². The van der Waals surface area contributed by atoms with Crippen molar-refractivity contribution in [2.75, 3.05) is 11.9 Å². The molecule has 0 atom stereocenters. The van der Waals surface area contributed by atoms with Gasteiger partial charge in [0.2, 0.25) is 0 Å². The highest BCUT2D eigenvalue weighted by Crippen LogP contribution is 2.34. The predicted octanol–water partition coefficient (Wildman–Crippen LogP) is 3.82. The van der Waals surface area contributed by atoms with Gasteiger partial charge in [-0.2, -0.15) is 0 Å². The van der Waals surface area contributed by atoms with E-state index in [1.54, 1.807) is 18.5 Å². The standard InChI is InChI=1S/C21H23N5O3/c1-4-22-20(27)26-19-9-17-16(15-7-8-23-13(3)12(15)2)6-5-14(10-25-21(28)29)18(17)11-24-19/h5-9,11,25H,4,10H2,1-3H3,(H,28,29)(H2,22,24,26,27). The number of rotatable bonds is 5. The van der Waals surface area contributed by atoms with E-state index in [4.69, 9.17) is 5.11 Å². The van der Waals surface area contributed by atoms with Gasteiger partial charge in [-0.3, -0.25) is 10.3 Å². The Morgan fingerprint density at radius 2 is 1.83 bits per heavy atom. The maximum Gasteiger partial charge on any atom is 0.404 e. The van der Waals surface area contributed by atoms with Crippen molar-refractivity contribution in [1.29, 1.82) is 0 Å². The largest absolute Gasteiger partial charge is 0.465 e. The zero-order valence-electron chi connectivity index (χ0n) is 16.5. The fourth-order valence-electron chi connectivity index (χ4n) is 3.18. The lowest BCUT2D eigenvalue weighted by Crippen LogP contribution is -2.28. The number of pyridine rings is 2. The molecule has 1 aromatic carbocycles. The SMILES string of the molecule is CCNC(=O)Nc1cc2c(-c3ccnc(C)c3C)ccc(CNC(=O)O)c2cn1. The average Bonchev–Trinajstić information content (AvgIpc) is 2.68. The minimum Gasteiger partial charge on any atom is -0.465 e. The lowest BCUT2D eigenvalue weighted by Gasteiger charge is -2.15. The third kappa shape index (κ3) is 4.43. The van der Waals surface area contributed by atoms with Gasteiger partial charge in [-0.1, -0.05) is 12.1 Å². The Balaban J connectivity index is 2.16. The number of aromatic nitrogens is 2. The maximum absolute atomic E-state index is 11.9. The molecule has 29 heavy (non-hydrogen) atoms. The van der Waals surface area contributed by atoms with Crippen LogP contribution in [0.2, 0.25) is 0 Å². The van der Waals surface area contributed by atoms with Gasteiger partial charge in [0, 0.05) is 36.6 Å². The van der Waals surface area contributed by atoms with Crippen LogP contribution in [0.4, 0.5) is 15.4 Å². The molecule has 0 spiro atoms. The summed E-state index contributed by atoms with van der Waals surface area (Å²) in [6.45, 7) is 6.46. The molecule has 0 aliphatic heterocycles. The molecular formula is C21H23N5O3. The quantitative estimate of drug-likeness (QED) is 0.526. The Morgan fingerprint density at radius 1 is 1.03 bits per heavy atom. The highest BCUT2D eigenvalue weighted by Gasteiger charge is 2.14. The van der Waals surface area contributed by atoms with Crippen molar-refractivity contribution in [3.05, 3.63) is 53.5 Å². The molecule has 0 bridgehead atoms. The molecule has 4 N–H and O–H groups in total. The molecule has 8 heteroatoms. The summed E-state index contributed by atoms with van der Waals surface area (Å²) < 4.78 is 0. The second-order valence-corrected chi connectivity index (χ2v) is 6.60. The first kappa shape index (κ1) is 20.1. The first-order valence-corrected chi connectivity index (χ1v) is 9.26. The molecule has 3 rings (SSSR count). The molecule has 0 radical (unpaired) electrons. The molecule has 0 aliphatic rings. The smallest absolute Gasteiger partial charge is 0.404 e. The molecule has 0 fully saturated rings. The number of carbonyl (C=O) groups is 2. The van der Waals surface area contributed by atoms with Gasteiger partial charge in [-0.15, -0.1) is 0 Å². The minimum atomic E-state index is -1.09. The van der Waals surface area contributed by atoms with E-state index in [1.165, 1.54) is 0 Å². The number of nitrogens with zero attached hydrogens (tertiary/aromatic N) is 2. The van der Waals surface area contributed by atoms with Gasteiger partial charge in [-0.05, 0) is 60.5 Å². The molecule has 2 heterocycles. The summed E-state index contributed by atoms with van der Waals surface area (Å²) in [5.74, 6) is 0.413. The van der Waals surface area contributed by atoms with Gasteiger partial charge in [0.05, 0.1) is 0 Å². The Hall–Kier alpha value is -3.68. The van der Waals surface area contributed by atoms with Crippen LogP contribution in [0.3, 0.4) is 0 Å². The number of aryl methyl sites for hydroxylation is 1. The van der Waals surface area contributed by atoms with Crippen LogP contribution in [-0.2, 0) is 6.54 Å². The molecule has 0 saturated heterocycles. The van der Waals surface area contributed by atoms with Crippen molar-refractivity contribution in [2.24, 2.45) is 0 Å². The zero-order chi connectivity index (χ0) is 21.0. The molecule has 3 amide bonds. The van der Waals surface area contributed by atoms with Gasteiger partial charge in [0.15, 0.2) is 0 Å². The molecule has 0 aliphatic carbocycles. The van der Waals surface area contributed by atoms with E-state index in [-0.39, 0.29) is 12.6 Å². The minimum absolute atomic E-state index is 0.158. The molecule has 8 nitrogen and oxygen atoms in total. The summed E-state index contributed by atoms with van der Waals surface area (Å²) >= 11 is 0. The summed E-state index contributed by atoms with van der Waals surface area (Å²) in [6, 6.07) is 7.27. The van der Waals surface area contributed by atoms with Crippen molar-refractivity contribution < 1.29 is 14.7 Å². The first-order chi connectivity index (χ1) is 13.9. The van der Waals surface area contributed by atoms with Crippen LogP contribution in [-0.4, -0.2) is 33.7 Å². The van der Waals surface area contributed by atoms with Crippen LogP contribution in [0.1, 0.15) is 23.7 Å². The molecule has 3 aromatic rings. The Labute approximate surface area is 168 Å². The molecule has 150 valence electrons. The van der Waals surface area contributed by atoms with Crippen LogP contribution in [0, 0.1) is 13.8 Å². The first-order valence-electron chi connectivity index (χ1n) is 9.26. The van der Waals surface area contributed by atoms with Crippen molar-refractivity contribution in [3.63, 3.8) is 0 Å². The lowest BCUT2D eigenvalue weighted by molar-refractivity contribution is 0.194. The van der Waals surface area contributed by atoms with Crippen LogP contribution in [0.5, 0.6) is 0 Å². The fourth-order valence-corrected chi connectivity index (χ4v) is 3.18. The summed E-state index contributed by atoms with van der Waals surface area (Å²) in [4.78, 5) is 31.5. The Morgan fingerprint density at radius 3 is 2.55 bits per heavy atom. The van der Waals surface area contributed by atoms with E-state index in [2.05, 4.69) is 25.9 Å². The molecular weight excluding hydrogens is 370 g/mol. The van der Waals surface area contributed by atoms with E-state index in [0.29, 0.717) is 12.4 Å². The highest BCUT2D eigenvalue weighted by atomic mass is 16.4. The number of amides is 3. The van der Waals surface area contributed by atoms with E-state index in [1.807, 2.05) is 39.0 Å². The number of benzene rings is 1. The van der Waals surface area contributed by atoms with Gasteiger partial charge >= 0.3 is 12.1 Å². The van der Waals surface area contributed by atoms with E-state index in [9.17, 15) is 9.59 Å². The number of nitrogens with one attached hydrogen (secondary N) is 3. The van der Waals surface area contributed by atoms with E-state index < -0.39 is 6.09 Å². The van der Waals surface area contributed by atoms with Crippen molar-refractivity contribution in [2.45, 2.75) is 27.3 Å². The van der Waals surface area contributed by atoms with Crippen molar-refractivity contribution >= 4 is 28.7 Å². The third-order valence-electron chi connectivity index (χ3n) is 4.75. The molecule has 0 unspecified atom stereocenters. The van der Waals surface area contributed by atoms with E-state index >= 15 is 0 Å². The van der Waals surface area contributed by atoms with Crippen LogP contribution < -0.4 is 16.0 Å². The maximum atomic E-state index is 11.9. The number of carboxylic acid groups (broad SMARTS) is 1. The number of urea groups is 1. The second-order valence-electron chi connectivity index (χ2n) is 6.60. The molecule has 0 saturated carbocycles. The highest BCUT2D eigenvalue weighted by molar-refractivity contribution is 6.01. The summed E-state index contributed by atoms with van der Waals surface area (Å²) in [5.41, 5.74) is 4.77. The van der Waals surface area contributed by atoms with Gasteiger partial charge in [0.1, 0.15) is 5.82 Å². The van der Waals surface area contributed by atoms with E-state index in [0.717, 1.165) is 38.7 Å². The summed E-state index contributed by atoms with van der Waals surface area (Å²) in [5, 5.41) is 18.4. The van der Waals surface area contributed by atoms with Crippen molar-refractivity contribution in [3.8, 4) is 11.1 Å². The van der Waals surface area contributed by atoms with Crippen LogP contribution >= 0.6 is 0 Å².